The number of carbonyl (C=O) groups excluding carboxylic acids is 2. The van der Waals surface area contributed by atoms with Gasteiger partial charge in [0.2, 0.25) is 5.91 Å². The van der Waals surface area contributed by atoms with Gasteiger partial charge in [-0.15, -0.1) is 0 Å². The van der Waals surface area contributed by atoms with Gasteiger partial charge in [-0.2, -0.15) is 0 Å². The van der Waals surface area contributed by atoms with Crippen LogP contribution in [-0.4, -0.2) is 47.9 Å². The average molecular weight is 287 g/mol. The maximum absolute atomic E-state index is 13.3. The van der Waals surface area contributed by atoms with Crippen molar-refractivity contribution >= 4 is 11.9 Å². The second-order valence-corrected chi connectivity index (χ2v) is 6.08. The third kappa shape index (κ3) is 2.51. The smallest absolute Gasteiger partial charge is 0.321 e. The summed E-state index contributed by atoms with van der Waals surface area (Å²) in [6, 6.07) is -0.868. The Labute approximate surface area is 116 Å². The van der Waals surface area contributed by atoms with Crippen LogP contribution < -0.4 is 10.6 Å². The highest BCUT2D eigenvalue weighted by Gasteiger charge is 2.69. The van der Waals surface area contributed by atoms with Crippen molar-refractivity contribution in [2.75, 3.05) is 13.1 Å². The summed E-state index contributed by atoms with van der Waals surface area (Å²) in [6.45, 7) is 2.37. The Morgan fingerprint density at radius 1 is 1.25 bits per heavy atom. The van der Waals surface area contributed by atoms with Crippen LogP contribution in [0.4, 0.5) is 13.6 Å². The van der Waals surface area contributed by atoms with Crippen molar-refractivity contribution in [3.05, 3.63) is 0 Å². The number of fused-ring (bicyclic) bond motifs is 1. The number of rotatable bonds is 3. The fourth-order valence-electron chi connectivity index (χ4n) is 2.94. The van der Waals surface area contributed by atoms with Crippen LogP contribution in [0.3, 0.4) is 0 Å². The topological polar surface area (TPSA) is 61.4 Å². The Morgan fingerprint density at radius 2 is 1.95 bits per heavy atom. The molecular weight excluding hydrogens is 268 g/mol. The van der Waals surface area contributed by atoms with Crippen LogP contribution >= 0.6 is 0 Å². The van der Waals surface area contributed by atoms with Crippen molar-refractivity contribution in [3.63, 3.8) is 0 Å². The molecule has 3 aliphatic rings. The van der Waals surface area contributed by atoms with E-state index in [4.69, 9.17) is 0 Å². The predicted octanol–water partition coefficient (Wildman–Crippen LogP) is 0.950. The maximum atomic E-state index is 13.3. The highest BCUT2D eigenvalue weighted by Crippen LogP contribution is 2.59. The molecule has 3 amide bonds. The van der Waals surface area contributed by atoms with Crippen molar-refractivity contribution in [1.29, 1.82) is 0 Å². The van der Waals surface area contributed by atoms with Gasteiger partial charge in [0.05, 0.1) is 6.04 Å². The quantitative estimate of drug-likeness (QED) is 0.812. The number of amides is 3. The number of hydrogen-bond acceptors (Lipinski definition) is 3. The zero-order valence-corrected chi connectivity index (χ0v) is 11.4. The number of nitrogens with zero attached hydrogens (tertiary/aromatic N) is 1. The second kappa shape index (κ2) is 4.65. The lowest BCUT2D eigenvalue weighted by Gasteiger charge is -2.30. The van der Waals surface area contributed by atoms with E-state index in [0.717, 1.165) is 12.8 Å². The lowest BCUT2D eigenvalue weighted by molar-refractivity contribution is -0.125. The van der Waals surface area contributed by atoms with E-state index in [9.17, 15) is 18.4 Å². The molecule has 112 valence electrons. The van der Waals surface area contributed by atoms with Crippen molar-refractivity contribution in [1.82, 2.24) is 15.5 Å². The number of halogens is 2. The molecule has 2 N–H and O–H groups in total. The second-order valence-electron chi connectivity index (χ2n) is 6.08. The highest BCUT2D eigenvalue weighted by atomic mass is 19.3. The number of alkyl halides is 2. The molecule has 7 heteroatoms. The fraction of sp³-hybridized carbons (Fsp3) is 0.846. The molecule has 2 aliphatic carbocycles. The largest absolute Gasteiger partial charge is 0.335 e. The van der Waals surface area contributed by atoms with Crippen molar-refractivity contribution in [2.24, 2.45) is 11.8 Å². The average Bonchev–Trinajstić information content (AvgIpc) is 3.28. The van der Waals surface area contributed by atoms with Crippen LogP contribution in [0.25, 0.3) is 0 Å². The van der Waals surface area contributed by atoms with Gasteiger partial charge in [-0.3, -0.25) is 15.0 Å². The van der Waals surface area contributed by atoms with Gasteiger partial charge in [-0.25, -0.2) is 13.6 Å². The first-order chi connectivity index (χ1) is 9.39. The van der Waals surface area contributed by atoms with Crippen LogP contribution in [0.1, 0.15) is 26.2 Å². The molecule has 1 heterocycles. The van der Waals surface area contributed by atoms with Gasteiger partial charge >= 0.3 is 6.03 Å². The SMILES string of the molecule is C[C@H](C(=O)NC(=O)NC1CC1)N1CC[C@@H]2[C@H](C1)C2(F)F. The molecule has 0 bridgehead atoms. The lowest BCUT2D eigenvalue weighted by Crippen LogP contribution is -2.51. The number of nitrogens with one attached hydrogen (secondary N) is 2. The molecule has 0 unspecified atom stereocenters. The van der Waals surface area contributed by atoms with Crippen LogP contribution in [0.5, 0.6) is 0 Å². The molecule has 20 heavy (non-hydrogen) atoms. The molecule has 5 nitrogen and oxygen atoms in total. The molecule has 0 aromatic carbocycles. The molecule has 1 aliphatic heterocycles. The standard InChI is InChI=1S/C13H19F2N3O2/c1-7(11(19)17-12(20)16-8-2-3-8)18-5-4-9-10(6-18)13(9,14)15/h7-10H,2-6H2,1H3,(H2,16,17,19,20)/t7-,9-,10+/m1/s1. The van der Waals surface area contributed by atoms with Crippen molar-refractivity contribution in [3.8, 4) is 0 Å². The molecule has 0 spiro atoms. The summed E-state index contributed by atoms with van der Waals surface area (Å²) in [7, 11) is 0. The summed E-state index contributed by atoms with van der Waals surface area (Å²) in [4.78, 5) is 25.2. The summed E-state index contributed by atoms with van der Waals surface area (Å²) >= 11 is 0. The molecule has 0 aromatic rings. The first-order valence-corrected chi connectivity index (χ1v) is 7.13. The summed E-state index contributed by atoms with van der Waals surface area (Å²) < 4.78 is 26.6. The maximum Gasteiger partial charge on any atom is 0.321 e. The van der Waals surface area contributed by atoms with Crippen LogP contribution in [0.15, 0.2) is 0 Å². The summed E-state index contributed by atoms with van der Waals surface area (Å²) in [5.74, 6) is -4.11. The van der Waals surface area contributed by atoms with Gasteiger partial charge in [0.15, 0.2) is 0 Å². The molecular formula is C13H19F2N3O2. The van der Waals surface area contributed by atoms with Gasteiger partial charge in [0.25, 0.3) is 5.92 Å². The first-order valence-electron chi connectivity index (χ1n) is 7.13. The van der Waals surface area contributed by atoms with E-state index < -0.39 is 35.7 Å². The van der Waals surface area contributed by atoms with Crippen LogP contribution in [0.2, 0.25) is 0 Å². The van der Waals surface area contributed by atoms with Crippen molar-refractivity contribution in [2.45, 2.75) is 44.2 Å². The Bertz CT molecular complexity index is 439. The van der Waals surface area contributed by atoms with E-state index in [0.29, 0.717) is 13.0 Å². The zero-order chi connectivity index (χ0) is 14.5. The molecule has 1 saturated heterocycles. The number of hydrogen-bond donors (Lipinski definition) is 2. The lowest BCUT2D eigenvalue weighted by atomic mass is 10.1. The van der Waals surface area contributed by atoms with E-state index >= 15 is 0 Å². The first kappa shape index (κ1) is 13.7. The molecule has 0 aromatic heterocycles. The Hall–Kier alpha value is -1.24. The minimum atomic E-state index is -2.56. The van der Waals surface area contributed by atoms with Crippen molar-refractivity contribution < 1.29 is 18.4 Å². The third-order valence-corrected chi connectivity index (χ3v) is 4.60. The Kier molecular flexibility index (Phi) is 3.19. The monoisotopic (exact) mass is 287 g/mol. The number of urea groups is 1. The molecule has 2 saturated carbocycles. The number of piperidine rings is 1. The van der Waals surface area contributed by atoms with Gasteiger partial charge in [-0.05, 0) is 32.7 Å². The normalized spacial score (nSPS) is 33.0. The summed E-state index contributed by atoms with van der Waals surface area (Å²) in [5.41, 5.74) is 0. The van der Waals surface area contributed by atoms with Gasteiger partial charge in [0.1, 0.15) is 0 Å². The predicted molar refractivity (Wildman–Crippen MR) is 67.3 cm³/mol. The van der Waals surface area contributed by atoms with E-state index in [1.807, 2.05) is 0 Å². The summed E-state index contributed by atoms with van der Waals surface area (Å²) in [5, 5.41) is 4.94. The fourth-order valence-corrected chi connectivity index (χ4v) is 2.94. The molecule has 0 radical (unpaired) electrons. The zero-order valence-electron chi connectivity index (χ0n) is 11.4. The van der Waals surface area contributed by atoms with Crippen LogP contribution in [0, 0.1) is 11.8 Å². The van der Waals surface area contributed by atoms with E-state index in [2.05, 4.69) is 10.6 Å². The molecule has 3 rings (SSSR count). The molecule has 3 fully saturated rings. The van der Waals surface area contributed by atoms with Gasteiger partial charge < -0.3 is 5.32 Å². The van der Waals surface area contributed by atoms with Crippen LogP contribution in [-0.2, 0) is 4.79 Å². The highest BCUT2D eigenvalue weighted by molar-refractivity contribution is 5.97. The Balaban J connectivity index is 1.49. The Morgan fingerprint density at radius 3 is 2.55 bits per heavy atom. The number of likely N-dealkylation sites (tertiary alicyclic amines) is 1. The number of carbonyl (C=O) groups is 2. The van der Waals surface area contributed by atoms with E-state index in [1.165, 1.54) is 0 Å². The summed E-state index contributed by atoms with van der Waals surface area (Å²) in [6.07, 6.45) is 2.31. The van der Waals surface area contributed by atoms with Gasteiger partial charge in [-0.1, -0.05) is 0 Å². The third-order valence-electron chi connectivity index (χ3n) is 4.60. The van der Waals surface area contributed by atoms with E-state index in [1.54, 1.807) is 11.8 Å². The minimum Gasteiger partial charge on any atom is -0.335 e. The molecule has 3 atom stereocenters. The minimum absolute atomic E-state index is 0.180. The van der Waals surface area contributed by atoms with E-state index in [-0.39, 0.29) is 12.6 Å². The number of imide groups is 1. The van der Waals surface area contributed by atoms with Gasteiger partial charge in [0, 0.05) is 24.4 Å².